The first-order valence-corrected chi connectivity index (χ1v) is 14.6. The van der Waals surface area contributed by atoms with Crippen molar-refractivity contribution in [3.05, 3.63) is 24.2 Å². The normalized spacial score (nSPS) is 45.9. The fourth-order valence-electron chi connectivity index (χ4n) is 9.27. The lowest BCUT2D eigenvalue weighted by atomic mass is 9.43. The molecule has 4 fully saturated rings. The number of furan rings is 1. The summed E-state index contributed by atoms with van der Waals surface area (Å²) in [6.45, 7) is 13.0. The highest BCUT2D eigenvalue weighted by atomic mass is 32.2. The van der Waals surface area contributed by atoms with Crippen LogP contribution in [-0.4, -0.2) is 21.2 Å². The highest BCUT2D eigenvalue weighted by Gasteiger charge is 2.68. The summed E-state index contributed by atoms with van der Waals surface area (Å²) in [6, 6.07) is 1.96. The summed E-state index contributed by atoms with van der Waals surface area (Å²) in [6.07, 6.45) is 12.2. The molecule has 1 N–H and O–H groups in total. The number of thioether (sulfide) groups is 2. The van der Waals surface area contributed by atoms with E-state index < -0.39 is 6.10 Å². The van der Waals surface area contributed by atoms with Crippen LogP contribution in [0.1, 0.15) is 91.2 Å². The zero-order chi connectivity index (χ0) is 22.1. The van der Waals surface area contributed by atoms with Gasteiger partial charge < -0.3 is 9.52 Å². The molecule has 1 aromatic heterocycles. The second-order valence-electron chi connectivity index (χ2n) is 12.6. The predicted molar refractivity (Wildman–Crippen MR) is 133 cm³/mol. The minimum Gasteiger partial charge on any atom is -0.472 e. The first-order valence-electron chi connectivity index (χ1n) is 12.5. The molecule has 4 aliphatic rings. The van der Waals surface area contributed by atoms with Gasteiger partial charge in [0.1, 0.15) is 0 Å². The summed E-state index contributed by atoms with van der Waals surface area (Å²) in [4.78, 5) is 0. The van der Waals surface area contributed by atoms with Crippen molar-refractivity contribution in [2.24, 2.45) is 39.4 Å². The van der Waals surface area contributed by atoms with Gasteiger partial charge in [0.25, 0.3) is 0 Å². The Labute approximate surface area is 198 Å². The van der Waals surface area contributed by atoms with Gasteiger partial charge in [-0.3, -0.25) is 0 Å². The largest absolute Gasteiger partial charge is 0.472 e. The monoisotopic (exact) mass is 462 g/mol. The van der Waals surface area contributed by atoms with Crippen molar-refractivity contribution in [2.45, 2.75) is 90.3 Å². The lowest BCUT2D eigenvalue weighted by Gasteiger charge is -2.62. The molecule has 5 rings (SSSR count). The third-order valence-electron chi connectivity index (χ3n) is 10.6. The molecule has 0 aromatic carbocycles. The SMILES string of the molecule is CC1(C)CCC[C@]2(C)[C@H]3C[C@](C)(C4SCCS4)[C@@H](C[C@H](O)c4ccoc4)[C@]3(C)CC[C@@H]12. The van der Waals surface area contributed by atoms with Gasteiger partial charge in [0, 0.05) is 17.1 Å². The molecule has 2 heterocycles. The van der Waals surface area contributed by atoms with E-state index in [4.69, 9.17) is 4.42 Å². The zero-order valence-electron chi connectivity index (χ0n) is 20.2. The molecule has 0 radical (unpaired) electrons. The van der Waals surface area contributed by atoms with Gasteiger partial charge >= 0.3 is 0 Å². The van der Waals surface area contributed by atoms with Crippen LogP contribution in [0.3, 0.4) is 0 Å². The van der Waals surface area contributed by atoms with Crippen molar-refractivity contribution < 1.29 is 9.52 Å². The third-order valence-corrected chi connectivity index (χ3v) is 14.3. The van der Waals surface area contributed by atoms with Crippen LogP contribution in [0.25, 0.3) is 0 Å². The number of fused-ring (bicyclic) bond motifs is 3. The van der Waals surface area contributed by atoms with Gasteiger partial charge in [-0.25, -0.2) is 0 Å². The van der Waals surface area contributed by atoms with E-state index in [0.29, 0.717) is 26.7 Å². The van der Waals surface area contributed by atoms with E-state index in [2.05, 4.69) is 58.1 Å². The lowest BCUT2D eigenvalue weighted by Crippen LogP contribution is -2.54. The smallest absolute Gasteiger partial charge is 0.0960 e. The van der Waals surface area contributed by atoms with Crippen molar-refractivity contribution in [2.75, 3.05) is 11.5 Å². The molecule has 0 spiro atoms. The van der Waals surface area contributed by atoms with Crippen LogP contribution in [0.15, 0.2) is 23.0 Å². The fourth-order valence-corrected chi connectivity index (χ4v) is 12.7. The Hall–Kier alpha value is -0.0600. The molecule has 7 atom stereocenters. The van der Waals surface area contributed by atoms with Crippen molar-refractivity contribution in [1.29, 1.82) is 0 Å². The number of aliphatic hydroxyl groups is 1. The number of hydrogen-bond acceptors (Lipinski definition) is 4. The molecular weight excluding hydrogens is 420 g/mol. The molecule has 4 heteroatoms. The molecule has 2 nitrogen and oxygen atoms in total. The molecule has 1 aliphatic heterocycles. The van der Waals surface area contributed by atoms with Crippen LogP contribution in [0.2, 0.25) is 0 Å². The standard InChI is InChI=1S/C27H42O2S2/c1-24(2)9-6-10-25(3)20(24)7-11-26(4)21(15-19(28)18-8-12-29-17-18)27(5,16-22(25)26)23-30-13-14-31-23/h8,12,17,19-23,28H,6-7,9-11,13-16H2,1-5H3/t19-,20-,21-,22+,25-,26-,27-/m0/s1. The maximum Gasteiger partial charge on any atom is 0.0960 e. The van der Waals surface area contributed by atoms with Gasteiger partial charge in [0.2, 0.25) is 0 Å². The second kappa shape index (κ2) is 7.73. The zero-order valence-corrected chi connectivity index (χ0v) is 21.8. The summed E-state index contributed by atoms with van der Waals surface area (Å²) < 4.78 is 6.00. The van der Waals surface area contributed by atoms with E-state index in [1.807, 2.05) is 6.07 Å². The Balaban J connectivity index is 1.54. The van der Waals surface area contributed by atoms with Crippen LogP contribution >= 0.6 is 23.5 Å². The Kier molecular flexibility index (Phi) is 5.67. The Morgan fingerprint density at radius 1 is 1.00 bits per heavy atom. The third kappa shape index (κ3) is 3.40. The first-order chi connectivity index (χ1) is 14.6. The highest BCUT2D eigenvalue weighted by Crippen LogP contribution is 2.76. The van der Waals surface area contributed by atoms with Crippen LogP contribution < -0.4 is 0 Å². The van der Waals surface area contributed by atoms with Gasteiger partial charge in [0.05, 0.1) is 23.2 Å². The van der Waals surface area contributed by atoms with Gasteiger partial charge in [-0.05, 0) is 84.0 Å². The average Bonchev–Trinajstić information content (AvgIpc) is 3.44. The van der Waals surface area contributed by atoms with Crippen LogP contribution in [0, 0.1) is 39.4 Å². The van der Waals surface area contributed by atoms with E-state index in [9.17, 15) is 5.11 Å². The summed E-state index contributed by atoms with van der Waals surface area (Å²) in [5, 5.41) is 11.3. The van der Waals surface area contributed by atoms with E-state index in [1.54, 1.807) is 12.5 Å². The van der Waals surface area contributed by atoms with Crippen LogP contribution in [-0.2, 0) is 0 Å². The Bertz CT molecular complexity index is 785. The van der Waals surface area contributed by atoms with Crippen LogP contribution in [0.4, 0.5) is 0 Å². The lowest BCUT2D eigenvalue weighted by molar-refractivity contribution is -0.129. The van der Waals surface area contributed by atoms with Gasteiger partial charge in [-0.1, -0.05) is 41.0 Å². The summed E-state index contributed by atoms with van der Waals surface area (Å²) in [7, 11) is 0. The minimum absolute atomic E-state index is 0.287. The van der Waals surface area contributed by atoms with E-state index in [1.165, 1.54) is 50.0 Å². The molecular formula is C27H42O2S2. The first kappa shape index (κ1) is 22.7. The molecule has 31 heavy (non-hydrogen) atoms. The second-order valence-corrected chi connectivity index (χ2v) is 15.4. The summed E-state index contributed by atoms with van der Waals surface area (Å²) >= 11 is 4.40. The minimum atomic E-state index is -0.414. The molecule has 0 unspecified atom stereocenters. The molecule has 0 amide bonds. The summed E-state index contributed by atoms with van der Waals surface area (Å²) in [5.41, 5.74) is 2.48. The maximum absolute atomic E-state index is 11.3. The topological polar surface area (TPSA) is 33.4 Å². The number of hydrogen-bond donors (Lipinski definition) is 1. The van der Waals surface area contributed by atoms with Gasteiger partial charge in [-0.15, -0.1) is 23.5 Å². The van der Waals surface area contributed by atoms with Gasteiger partial charge in [0.15, 0.2) is 0 Å². The van der Waals surface area contributed by atoms with Crippen molar-refractivity contribution in [3.8, 4) is 0 Å². The average molecular weight is 463 g/mol. The number of aliphatic hydroxyl groups excluding tert-OH is 1. The summed E-state index contributed by atoms with van der Waals surface area (Å²) in [5.74, 6) is 4.75. The molecule has 1 saturated heterocycles. The molecule has 0 bridgehead atoms. The van der Waals surface area contributed by atoms with E-state index >= 15 is 0 Å². The van der Waals surface area contributed by atoms with Gasteiger partial charge in [-0.2, -0.15) is 0 Å². The fraction of sp³-hybridized carbons (Fsp3) is 0.852. The quantitative estimate of drug-likeness (QED) is 0.495. The Morgan fingerprint density at radius 3 is 2.42 bits per heavy atom. The van der Waals surface area contributed by atoms with Crippen LogP contribution in [0.5, 0.6) is 0 Å². The maximum atomic E-state index is 11.3. The van der Waals surface area contributed by atoms with Crippen molar-refractivity contribution >= 4 is 23.5 Å². The van der Waals surface area contributed by atoms with E-state index in [-0.39, 0.29) is 5.41 Å². The molecule has 1 aromatic rings. The van der Waals surface area contributed by atoms with E-state index in [0.717, 1.165) is 23.8 Å². The molecule has 3 aliphatic carbocycles. The Morgan fingerprint density at radius 2 is 1.74 bits per heavy atom. The van der Waals surface area contributed by atoms with Crippen molar-refractivity contribution in [3.63, 3.8) is 0 Å². The molecule has 174 valence electrons. The molecule has 3 saturated carbocycles. The number of rotatable bonds is 4. The van der Waals surface area contributed by atoms with Crippen molar-refractivity contribution in [1.82, 2.24) is 0 Å². The highest BCUT2D eigenvalue weighted by molar-refractivity contribution is 8.20. The predicted octanol–water partition coefficient (Wildman–Crippen LogP) is 7.78.